The molecular formula is C42H84NO8P. The number of likely N-dealkylation sites (N-methyl/N-ethyl adjacent to an activating group) is 1. The average molecular weight is 762 g/mol. The van der Waals surface area contributed by atoms with Crippen LogP contribution in [0.2, 0.25) is 0 Å². The standard InChI is InChI=1S/C42H84NO8P/c1-4-6-8-10-12-14-16-18-20-22-24-26-28-30-32-34-41(44)48-38-40(39-50-52(46,47)49-37-36-43-3)51-42(45)35-33-31-29-27-25-23-21-19-17-15-13-11-9-7-5-2/h40,43H,4-39H2,1-3H3,(H,46,47)/t40-/m0/s1. The maximum Gasteiger partial charge on any atom is 0.472 e. The molecular weight excluding hydrogens is 677 g/mol. The van der Waals surface area contributed by atoms with Crippen LogP contribution in [-0.4, -0.2) is 56.3 Å². The van der Waals surface area contributed by atoms with Crippen LogP contribution in [0.1, 0.15) is 219 Å². The van der Waals surface area contributed by atoms with Crippen molar-refractivity contribution in [2.75, 3.05) is 33.4 Å². The molecule has 0 aliphatic heterocycles. The molecule has 0 amide bonds. The Labute approximate surface area is 320 Å². The van der Waals surface area contributed by atoms with Gasteiger partial charge in [-0.2, -0.15) is 0 Å². The van der Waals surface area contributed by atoms with Crippen molar-refractivity contribution in [1.82, 2.24) is 5.32 Å². The molecule has 0 fully saturated rings. The normalized spacial score (nSPS) is 13.2. The van der Waals surface area contributed by atoms with E-state index >= 15 is 0 Å². The third-order valence-electron chi connectivity index (χ3n) is 9.73. The van der Waals surface area contributed by atoms with Gasteiger partial charge in [-0.3, -0.25) is 18.6 Å². The van der Waals surface area contributed by atoms with Crippen molar-refractivity contribution in [2.45, 2.75) is 225 Å². The number of carbonyl (C=O) groups is 2. The van der Waals surface area contributed by atoms with Gasteiger partial charge in [0.05, 0.1) is 13.2 Å². The molecule has 2 atom stereocenters. The highest BCUT2D eigenvalue weighted by molar-refractivity contribution is 7.47. The molecule has 0 heterocycles. The van der Waals surface area contributed by atoms with Crippen molar-refractivity contribution < 1.29 is 37.6 Å². The van der Waals surface area contributed by atoms with Gasteiger partial charge in [0.2, 0.25) is 0 Å². The van der Waals surface area contributed by atoms with Crippen molar-refractivity contribution in [3.05, 3.63) is 0 Å². The molecule has 0 aromatic carbocycles. The fraction of sp³-hybridized carbons (Fsp3) is 0.952. The smallest absolute Gasteiger partial charge is 0.462 e. The van der Waals surface area contributed by atoms with E-state index in [2.05, 4.69) is 19.2 Å². The molecule has 9 nitrogen and oxygen atoms in total. The van der Waals surface area contributed by atoms with Gasteiger partial charge in [0.15, 0.2) is 6.10 Å². The molecule has 0 saturated carbocycles. The Bertz CT molecular complexity index is 830. The van der Waals surface area contributed by atoms with Gasteiger partial charge in [-0.05, 0) is 19.9 Å². The molecule has 0 aromatic heterocycles. The van der Waals surface area contributed by atoms with Gasteiger partial charge in [0, 0.05) is 19.4 Å². The van der Waals surface area contributed by atoms with E-state index in [9.17, 15) is 19.0 Å². The van der Waals surface area contributed by atoms with Crippen molar-refractivity contribution in [2.24, 2.45) is 0 Å². The quantitative estimate of drug-likeness (QED) is 0.0356. The SMILES string of the molecule is CCCCCCCCCCCCCCCCCC(=O)OC[C@@H](COP(=O)(O)OCCNC)OC(=O)CCCCCCCCCCCCCCCCC. The van der Waals surface area contributed by atoms with Crippen LogP contribution in [0.15, 0.2) is 0 Å². The maximum atomic E-state index is 12.6. The zero-order valence-corrected chi connectivity index (χ0v) is 35.2. The first-order chi connectivity index (χ1) is 25.3. The molecule has 0 aliphatic rings. The summed E-state index contributed by atoms with van der Waals surface area (Å²) in [5.74, 6) is -0.791. The van der Waals surface area contributed by atoms with E-state index in [0.29, 0.717) is 13.0 Å². The Balaban J connectivity index is 4.17. The van der Waals surface area contributed by atoms with Crippen LogP contribution in [0, 0.1) is 0 Å². The lowest BCUT2D eigenvalue weighted by Crippen LogP contribution is -2.29. The number of phosphoric ester groups is 1. The van der Waals surface area contributed by atoms with Gasteiger partial charge < -0.3 is 19.7 Å². The number of nitrogens with one attached hydrogen (secondary N) is 1. The summed E-state index contributed by atoms with van der Waals surface area (Å²) < 4.78 is 33.2. The summed E-state index contributed by atoms with van der Waals surface area (Å²) in [4.78, 5) is 35.0. The molecule has 0 aromatic rings. The second kappa shape index (κ2) is 39.7. The number of carbonyl (C=O) groups excluding carboxylic acids is 2. The highest BCUT2D eigenvalue weighted by Gasteiger charge is 2.26. The zero-order valence-electron chi connectivity index (χ0n) is 34.3. The molecule has 2 N–H and O–H groups in total. The lowest BCUT2D eigenvalue weighted by molar-refractivity contribution is -0.161. The first kappa shape index (κ1) is 51.0. The summed E-state index contributed by atoms with van der Waals surface area (Å²) in [6.07, 6.45) is 37.1. The summed E-state index contributed by atoms with van der Waals surface area (Å²) in [7, 11) is -2.64. The topological polar surface area (TPSA) is 120 Å². The van der Waals surface area contributed by atoms with Crippen molar-refractivity contribution in [3.63, 3.8) is 0 Å². The Morgan fingerprint density at radius 1 is 0.519 bits per heavy atom. The predicted molar refractivity (Wildman–Crippen MR) is 216 cm³/mol. The van der Waals surface area contributed by atoms with E-state index in [1.165, 1.54) is 154 Å². The second-order valence-electron chi connectivity index (χ2n) is 14.9. The molecule has 10 heteroatoms. The third kappa shape index (κ3) is 38.7. The van der Waals surface area contributed by atoms with Gasteiger partial charge in [-0.25, -0.2) is 4.57 Å². The summed E-state index contributed by atoms with van der Waals surface area (Å²) in [6, 6.07) is 0. The van der Waals surface area contributed by atoms with Crippen LogP contribution in [0.3, 0.4) is 0 Å². The number of esters is 2. The van der Waals surface area contributed by atoms with Crippen LogP contribution in [0.5, 0.6) is 0 Å². The Kier molecular flexibility index (Phi) is 38.9. The Hall–Kier alpha value is -0.990. The largest absolute Gasteiger partial charge is 0.472 e. The van der Waals surface area contributed by atoms with E-state index in [1.807, 2.05) is 0 Å². The summed E-state index contributed by atoms with van der Waals surface area (Å²) in [5.41, 5.74) is 0. The Morgan fingerprint density at radius 2 is 0.865 bits per heavy atom. The van der Waals surface area contributed by atoms with Gasteiger partial charge in [-0.1, -0.05) is 194 Å². The number of unbranched alkanes of at least 4 members (excludes halogenated alkanes) is 28. The highest BCUT2D eigenvalue weighted by atomic mass is 31.2. The lowest BCUT2D eigenvalue weighted by atomic mass is 10.0. The van der Waals surface area contributed by atoms with Crippen molar-refractivity contribution in [3.8, 4) is 0 Å². The average Bonchev–Trinajstić information content (AvgIpc) is 3.12. The molecule has 1 unspecified atom stereocenters. The van der Waals surface area contributed by atoms with Gasteiger partial charge in [0.1, 0.15) is 6.61 Å². The minimum atomic E-state index is -4.34. The van der Waals surface area contributed by atoms with E-state index in [4.69, 9.17) is 18.5 Å². The van der Waals surface area contributed by atoms with Gasteiger partial charge in [0.25, 0.3) is 0 Å². The van der Waals surface area contributed by atoms with Gasteiger partial charge >= 0.3 is 19.8 Å². The van der Waals surface area contributed by atoms with E-state index in [0.717, 1.165) is 38.5 Å². The molecule has 0 aliphatic carbocycles. The predicted octanol–water partition coefficient (Wildman–Crippen LogP) is 12.3. The fourth-order valence-electron chi connectivity index (χ4n) is 6.38. The number of ether oxygens (including phenoxy) is 2. The summed E-state index contributed by atoms with van der Waals surface area (Å²) >= 11 is 0. The van der Waals surface area contributed by atoms with Crippen LogP contribution >= 0.6 is 7.82 Å². The minimum absolute atomic E-state index is 0.0117. The monoisotopic (exact) mass is 762 g/mol. The number of hydrogen-bond donors (Lipinski definition) is 2. The first-order valence-electron chi connectivity index (χ1n) is 22.0. The molecule has 0 spiro atoms. The van der Waals surface area contributed by atoms with Crippen LogP contribution in [-0.2, 0) is 32.7 Å². The molecule has 0 rings (SSSR count). The van der Waals surface area contributed by atoms with Crippen molar-refractivity contribution in [1.29, 1.82) is 0 Å². The van der Waals surface area contributed by atoms with Crippen molar-refractivity contribution >= 4 is 19.8 Å². The van der Waals surface area contributed by atoms with Gasteiger partial charge in [-0.15, -0.1) is 0 Å². The number of phosphoric acid groups is 1. The van der Waals surface area contributed by atoms with Crippen LogP contribution in [0.4, 0.5) is 0 Å². The first-order valence-corrected chi connectivity index (χ1v) is 23.5. The number of hydrogen-bond acceptors (Lipinski definition) is 8. The molecule has 0 radical (unpaired) electrons. The van der Waals surface area contributed by atoms with E-state index in [1.54, 1.807) is 7.05 Å². The molecule has 52 heavy (non-hydrogen) atoms. The minimum Gasteiger partial charge on any atom is -0.462 e. The molecule has 0 bridgehead atoms. The zero-order chi connectivity index (χ0) is 38.2. The molecule has 310 valence electrons. The summed E-state index contributed by atoms with van der Waals surface area (Å²) in [5, 5.41) is 2.83. The lowest BCUT2D eigenvalue weighted by Gasteiger charge is -2.20. The third-order valence-corrected chi connectivity index (χ3v) is 10.7. The van der Waals surface area contributed by atoms with E-state index in [-0.39, 0.29) is 25.6 Å². The second-order valence-corrected chi connectivity index (χ2v) is 16.3. The Morgan fingerprint density at radius 3 is 1.23 bits per heavy atom. The van der Waals surface area contributed by atoms with Crippen LogP contribution in [0.25, 0.3) is 0 Å². The highest BCUT2D eigenvalue weighted by Crippen LogP contribution is 2.43. The molecule has 0 saturated heterocycles. The van der Waals surface area contributed by atoms with Crippen LogP contribution < -0.4 is 5.32 Å². The summed E-state index contributed by atoms with van der Waals surface area (Å²) in [6.45, 7) is 4.27. The fourth-order valence-corrected chi connectivity index (χ4v) is 7.13. The van der Waals surface area contributed by atoms with E-state index < -0.39 is 26.5 Å². The number of rotatable bonds is 42. The maximum absolute atomic E-state index is 12.6.